The summed E-state index contributed by atoms with van der Waals surface area (Å²) in [6.07, 6.45) is 0.633. The molecule has 0 saturated carbocycles. The molecule has 0 aromatic heterocycles. The Morgan fingerprint density at radius 3 is 2.58 bits per heavy atom. The number of carbonyl (C=O) groups is 2. The predicted molar refractivity (Wildman–Crippen MR) is 107 cm³/mol. The van der Waals surface area contributed by atoms with Crippen molar-refractivity contribution >= 4 is 45.2 Å². The van der Waals surface area contributed by atoms with Gasteiger partial charge in [0.15, 0.2) is 0 Å². The first-order valence-electron chi connectivity index (χ1n) is 8.02. The van der Waals surface area contributed by atoms with E-state index in [0.29, 0.717) is 17.7 Å². The van der Waals surface area contributed by atoms with Gasteiger partial charge in [0.2, 0.25) is 5.91 Å². The highest BCUT2D eigenvalue weighted by atomic mass is 79.9. The lowest BCUT2D eigenvalue weighted by molar-refractivity contribution is -0.116. The van der Waals surface area contributed by atoms with Crippen molar-refractivity contribution in [2.75, 3.05) is 17.6 Å². The van der Waals surface area contributed by atoms with Gasteiger partial charge in [-0.15, -0.1) is 11.8 Å². The van der Waals surface area contributed by atoms with E-state index in [1.54, 1.807) is 24.3 Å². The summed E-state index contributed by atoms with van der Waals surface area (Å²) in [4.78, 5) is 25.1. The van der Waals surface area contributed by atoms with Crippen LogP contribution in [0.25, 0.3) is 0 Å². The summed E-state index contributed by atoms with van der Waals surface area (Å²) in [5.74, 6) is 0.291. The average Bonchev–Trinajstić information content (AvgIpc) is 2.64. The first-order valence-corrected chi connectivity index (χ1v) is 9.80. The molecule has 26 heavy (non-hydrogen) atoms. The molecule has 0 heterocycles. The van der Waals surface area contributed by atoms with Crippen LogP contribution in [0.1, 0.15) is 23.2 Å². The summed E-state index contributed by atoms with van der Waals surface area (Å²) in [7, 11) is 0. The number of nitriles is 1. The molecule has 0 aliphatic rings. The van der Waals surface area contributed by atoms with Crippen molar-refractivity contribution in [3.8, 4) is 6.07 Å². The third kappa shape index (κ3) is 6.54. The molecule has 5 nitrogen and oxygen atoms in total. The quantitative estimate of drug-likeness (QED) is 0.484. The number of amides is 2. The van der Waals surface area contributed by atoms with Gasteiger partial charge in [0.1, 0.15) is 0 Å². The molecule has 0 bridgehead atoms. The molecule has 0 radical (unpaired) electrons. The Balaban J connectivity index is 1.81. The lowest BCUT2D eigenvalue weighted by Crippen LogP contribution is -2.27. The van der Waals surface area contributed by atoms with E-state index in [0.717, 1.165) is 15.1 Å². The minimum absolute atomic E-state index is 0.172. The van der Waals surface area contributed by atoms with E-state index < -0.39 is 0 Å². The van der Waals surface area contributed by atoms with E-state index in [9.17, 15) is 9.59 Å². The van der Waals surface area contributed by atoms with Gasteiger partial charge in [-0.05, 0) is 36.4 Å². The lowest BCUT2D eigenvalue weighted by Gasteiger charge is -2.10. The summed E-state index contributed by atoms with van der Waals surface area (Å²) < 4.78 is 0.903. The van der Waals surface area contributed by atoms with Gasteiger partial charge in [0.05, 0.1) is 11.8 Å². The smallest absolute Gasteiger partial charge is 0.251 e. The number of carbonyl (C=O) groups excluding carboxylic acids is 2. The highest BCUT2D eigenvalue weighted by Crippen LogP contribution is 2.27. The van der Waals surface area contributed by atoms with E-state index in [1.807, 2.05) is 24.3 Å². The van der Waals surface area contributed by atoms with Crippen LogP contribution in [0.2, 0.25) is 0 Å². The number of halogens is 1. The van der Waals surface area contributed by atoms with Crippen molar-refractivity contribution in [3.63, 3.8) is 0 Å². The van der Waals surface area contributed by atoms with Gasteiger partial charge >= 0.3 is 0 Å². The van der Waals surface area contributed by atoms with Gasteiger partial charge in [0.25, 0.3) is 5.91 Å². The van der Waals surface area contributed by atoms with E-state index in [1.165, 1.54) is 11.8 Å². The van der Waals surface area contributed by atoms with Gasteiger partial charge < -0.3 is 10.6 Å². The summed E-state index contributed by atoms with van der Waals surface area (Å²) in [5, 5.41) is 14.2. The fraction of sp³-hybridized carbons (Fsp3) is 0.211. The molecule has 0 fully saturated rings. The number of anilines is 1. The number of benzene rings is 2. The van der Waals surface area contributed by atoms with Gasteiger partial charge in [0, 0.05) is 40.1 Å². The van der Waals surface area contributed by atoms with Crippen LogP contribution in [0.3, 0.4) is 0 Å². The standard InChI is InChI=1S/C19H18BrN3O2S/c20-15-8-6-14(7-9-15)19(25)22-12-10-18(24)23-16-4-1-2-5-17(16)26-13-3-11-21/h1-2,4-9H,3,10,12-13H2,(H,22,25)(H,23,24). The highest BCUT2D eigenvalue weighted by molar-refractivity contribution is 9.10. The molecule has 134 valence electrons. The molecular weight excluding hydrogens is 414 g/mol. The van der Waals surface area contributed by atoms with E-state index >= 15 is 0 Å². The first kappa shape index (κ1) is 20.0. The van der Waals surface area contributed by atoms with Crippen LogP contribution in [-0.2, 0) is 4.79 Å². The lowest BCUT2D eigenvalue weighted by atomic mass is 10.2. The summed E-state index contributed by atoms with van der Waals surface area (Å²) in [6, 6.07) is 16.6. The van der Waals surface area contributed by atoms with Gasteiger partial charge in [-0.2, -0.15) is 5.26 Å². The fourth-order valence-electron chi connectivity index (χ4n) is 2.11. The molecule has 0 unspecified atom stereocenters. The zero-order valence-electron chi connectivity index (χ0n) is 14.0. The van der Waals surface area contributed by atoms with Crippen LogP contribution in [-0.4, -0.2) is 24.1 Å². The minimum atomic E-state index is -0.210. The van der Waals surface area contributed by atoms with E-state index in [4.69, 9.17) is 5.26 Å². The molecule has 2 aromatic rings. The number of hydrogen-bond donors (Lipinski definition) is 2. The second kappa shape index (κ2) is 10.6. The van der Waals surface area contributed by atoms with Crippen LogP contribution in [0.4, 0.5) is 5.69 Å². The van der Waals surface area contributed by atoms with Crippen LogP contribution in [0, 0.1) is 11.3 Å². The zero-order valence-corrected chi connectivity index (χ0v) is 16.4. The molecule has 7 heteroatoms. The number of hydrogen-bond acceptors (Lipinski definition) is 4. The summed E-state index contributed by atoms with van der Waals surface area (Å²) in [5.41, 5.74) is 1.27. The highest BCUT2D eigenvalue weighted by Gasteiger charge is 2.09. The maximum absolute atomic E-state index is 12.1. The molecule has 0 saturated heterocycles. The number of nitrogens with zero attached hydrogens (tertiary/aromatic N) is 1. The maximum Gasteiger partial charge on any atom is 0.251 e. The zero-order chi connectivity index (χ0) is 18.8. The first-order chi connectivity index (χ1) is 12.6. The third-order valence-electron chi connectivity index (χ3n) is 3.38. The normalized spacial score (nSPS) is 10.0. The Kier molecular flexibility index (Phi) is 8.19. The Hall–Kier alpha value is -2.30. The van der Waals surface area contributed by atoms with Crippen molar-refractivity contribution in [1.82, 2.24) is 5.32 Å². The minimum Gasteiger partial charge on any atom is -0.352 e. The average molecular weight is 432 g/mol. The number of nitrogens with one attached hydrogen (secondary N) is 2. The molecule has 2 N–H and O–H groups in total. The molecular formula is C19H18BrN3O2S. The van der Waals surface area contributed by atoms with Crippen LogP contribution >= 0.6 is 27.7 Å². The van der Waals surface area contributed by atoms with Crippen LogP contribution in [0.5, 0.6) is 0 Å². The molecule has 0 aliphatic heterocycles. The fourth-order valence-corrected chi connectivity index (χ4v) is 3.23. The Labute approximate surface area is 165 Å². The van der Waals surface area contributed by atoms with Crippen molar-refractivity contribution in [2.45, 2.75) is 17.7 Å². The Bertz CT molecular complexity index is 803. The van der Waals surface area contributed by atoms with Crippen molar-refractivity contribution < 1.29 is 9.59 Å². The number of thioether (sulfide) groups is 1. The van der Waals surface area contributed by atoms with Crippen molar-refractivity contribution in [1.29, 1.82) is 5.26 Å². The topological polar surface area (TPSA) is 82.0 Å². The molecule has 0 atom stereocenters. The number of para-hydroxylation sites is 1. The Morgan fingerprint density at radius 1 is 1.12 bits per heavy atom. The molecule has 2 aromatic carbocycles. The van der Waals surface area contributed by atoms with Gasteiger partial charge in [-0.3, -0.25) is 9.59 Å². The van der Waals surface area contributed by atoms with Crippen molar-refractivity contribution in [2.24, 2.45) is 0 Å². The predicted octanol–water partition coefficient (Wildman–Crippen LogP) is 4.21. The number of rotatable bonds is 8. The van der Waals surface area contributed by atoms with Gasteiger partial charge in [-0.25, -0.2) is 0 Å². The van der Waals surface area contributed by atoms with Crippen molar-refractivity contribution in [3.05, 3.63) is 58.6 Å². The molecule has 2 amide bonds. The Morgan fingerprint density at radius 2 is 1.85 bits per heavy atom. The SMILES string of the molecule is N#CCCSc1ccccc1NC(=O)CCNC(=O)c1ccc(Br)cc1. The third-order valence-corrected chi connectivity index (χ3v) is 4.98. The maximum atomic E-state index is 12.1. The van der Waals surface area contributed by atoms with E-state index in [-0.39, 0.29) is 24.8 Å². The monoisotopic (exact) mass is 431 g/mol. The second-order valence-electron chi connectivity index (χ2n) is 5.31. The molecule has 0 spiro atoms. The second-order valence-corrected chi connectivity index (χ2v) is 7.37. The van der Waals surface area contributed by atoms with E-state index in [2.05, 4.69) is 32.6 Å². The van der Waals surface area contributed by atoms with Crippen LogP contribution in [0.15, 0.2) is 57.9 Å². The largest absolute Gasteiger partial charge is 0.352 e. The summed E-state index contributed by atoms with van der Waals surface area (Å²) in [6.45, 7) is 0.254. The molecule has 0 aliphatic carbocycles. The van der Waals surface area contributed by atoms with Gasteiger partial charge in [-0.1, -0.05) is 28.1 Å². The summed E-state index contributed by atoms with van der Waals surface area (Å²) >= 11 is 4.85. The van der Waals surface area contributed by atoms with Crippen LogP contribution < -0.4 is 10.6 Å². The molecule has 2 rings (SSSR count).